The van der Waals surface area contributed by atoms with Crippen molar-refractivity contribution in [3.63, 3.8) is 0 Å². The van der Waals surface area contributed by atoms with E-state index in [0.29, 0.717) is 12.1 Å². The van der Waals surface area contributed by atoms with Crippen LogP contribution in [-0.2, 0) is 4.74 Å². The molecule has 1 unspecified atom stereocenters. The second-order valence-electron chi connectivity index (χ2n) is 5.24. The summed E-state index contributed by atoms with van der Waals surface area (Å²) < 4.78 is 5.14. The van der Waals surface area contributed by atoms with E-state index in [1.165, 1.54) is 24.0 Å². The molecular weight excluding hydrogens is 210 g/mol. The first-order valence-electron chi connectivity index (χ1n) is 6.51. The van der Waals surface area contributed by atoms with Crippen molar-refractivity contribution in [2.45, 2.75) is 44.7 Å². The lowest BCUT2D eigenvalue weighted by Crippen LogP contribution is -2.46. The van der Waals surface area contributed by atoms with E-state index in [2.05, 4.69) is 43.4 Å². The quantitative estimate of drug-likeness (QED) is 0.844. The zero-order valence-electron chi connectivity index (χ0n) is 11.1. The van der Waals surface area contributed by atoms with E-state index in [-0.39, 0.29) is 0 Å². The van der Waals surface area contributed by atoms with Gasteiger partial charge in [0, 0.05) is 19.2 Å². The van der Waals surface area contributed by atoms with Crippen LogP contribution >= 0.6 is 0 Å². The van der Waals surface area contributed by atoms with Crippen molar-refractivity contribution in [1.82, 2.24) is 5.32 Å². The number of benzene rings is 1. The van der Waals surface area contributed by atoms with Crippen molar-refractivity contribution < 1.29 is 4.74 Å². The van der Waals surface area contributed by atoms with Crippen LogP contribution in [0.5, 0.6) is 0 Å². The zero-order chi connectivity index (χ0) is 12.3. The molecule has 1 fully saturated rings. The largest absolute Gasteiger partial charge is 0.383 e. The van der Waals surface area contributed by atoms with E-state index in [1.54, 1.807) is 7.11 Å². The first-order valence-corrected chi connectivity index (χ1v) is 6.51. The fraction of sp³-hybridized carbons (Fsp3) is 0.600. The van der Waals surface area contributed by atoms with Gasteiger partial charge in [0.2, 0.25) is 0 Å². The highest BCUT2D eigenvalue weighted by molar-refractivity contribution is 5.31. The van der Waals surface area contributed by atoms with Crippen LogP contribution in [-0.4, -0.2) is 25.8 Å². The topological polar surface area (TPSA) is 21.3 Å². The summed E-state index contributed by atoms with van der Waals surface area (Å²) in [5.41, 5.74) is 2.96. The van der Waals surface area contributed by atoms with Gasteiger partial charge in [-0.2, -0.15) is 0 Å². The van der Waals surface area contributed by atoms with E-state index >= 15 is 0 Å². The SMILES string of the molecule is COCC(C)NC1CC(c2ccccc2C)C1. The van der Waals surface area contributed by atoms with Gasteiger partial charge in [0.15, 0.2) is 0 Å². The Kier molecular flexibility index (Phi) is 4.19. The minimum absolute atomic E-state index is 0.461. The summed E-state index contributed by atoms with van der Waals surface area (Å²) in [5.74, 6) is 0.753. The molecule has 1 aromatic rings. The molecule has 17 heavy (non-hydrogen) atoms. The lowest BCUT2D eigenvalue weighted by Gasteiger charge is -2.38. The molecule has 0 radical (unpaired) electrons. The lowest BCUT2D eigenvalue weighted by molar-refractivity contribution is 0.152. The number of ether oxygens (including phenoxy) is 1. The maximum absolute atomic E-state index is 5.14. The second-order valence-corrected chi connectivity index (χ2v) is 5.24. The Morgan fingerprint density at radius 2 is 2.06 bits per heavy atom. The Hall–Kier alpha value is -0.860. The molecule has 1 aliphatic carbocycles. The number of aryl methyl sites for hydroxylation is 1. The van der Waals surface area contributed by atoms with Gasteiger partial charge >= 0.3 is 0 Å². The van der Waals surface area contributed by atoms with Crippen molar-refractivity contribution in [2.24, 2.45) is 0 Å². The number of hydrogen-bond donors (Lipinski definition) is 1. The summed E-state index contributed by atoms with van der Waals surface area (Å²) in [6, 6.07) is 9.88. The van der Waals surface area contributed by atoms with Crippen LogP contribution in [0.4, 0.5) is 0 Å². The Labute approximate surface area is 104 Å². The van der Waals surface area contributed by atoms with Crippen molar-refractivity contribution in [2.75, 3.05) is 13.7 Å². The van der Waals surface area contributed by atoms with Gasteiger partial charge in [-0.05, 0) is 43.7 Å². The summed E-state index contributed by atoms with van der Waals surface area (Å²) in [6.45, 7) is 5.19. The van der Waals surface area contributed by atoms with Gasteiger partial charge in [0.25, 0.3) is 0 Å². The van der Waals surface area contributed by atoms with Gasteiger partial charge in [-0.25, -0.2) is 0 Å². The number of nitrogens with one attached hydrogen (secondary N) is 1. The van der Waals surface area contributed by atoms with Crippen molar-refractivity contribution in [3.8, 4) is 0 Å². The molecule has 0 spiro atoms. The summed E-state index contributed by atoms with van der Waals surface area (Å²) >= 11 is 0. The lowest BCUT2D eigenvalue weighted by atomic mass is 9.74. The van der Waals surface area contributed by atoms with Gasteiger partial charge in [-0.3, -0.25) is 0 Å². The molecule has 2 nitrogen and oxygen atoms in total. The third-order valence-corrected chi connectivity index (χ3v) is 3.70. The highest BCUT2D eigenvalue weighted by Gasteiger charge is 2.31. The molecule has 0 amide bonds. The van der Waals surface area contributed by atoms with Gasteiger partial charge in [0.05, 0.1) is 6.61 Å². The predicted octanol–water partition coefficient (Wildman–Crippen LogP) is 2.87. The van der Waals surface area contributed by atoms with Gasteiger partial charge in [0.1, 0.15) is 0 Å². The highest BCUT2D eigenvalue weighted by atomic mass is 16.5. The minimum Gasteiger partial charge on any atom is -0.383 e. The molecule has 1 aromatic carbocycles. The van der Waals surface area contributed by atoms with E-state index < -0.39 is 0 Å². The van der Waals surface area contributed by atoms with Gasteiger partial charge in [-0.15, -0.1) is 0 Å². The van der Waals surface area contributed by atoms with E-state index in [0.717, 1.165) is 12.5 Å². The third-order valence-electron chi connectivity index (χ3n) is 3.70. The molecular formula is C15H23NO. The van der Waals surface area contributed by atoms with Crippen molar-refractivity contribution in [1.29, 1.82) is 0 Å². The Bertz CT molecular complexity index is 358. The fourth-order valence-electron chi connectivity index (χ4n) is 2.75. The maximum atomic E-state index is 5.14. The van der Waals surface area contributed by atoms with Gasteiger partial charge < -0.3 is 10.1 Å². The van der Waals surface area contributed by atoms with Crippen LogP contribution < -0.4 is 5.32 Å². The minimum atomic E-state index is 0.461. The zero-order valence-corrected chi connectivity index (χ0v) is 11.1. The van der Waals surface area contributed by atoms with Crippen LogP contribution in [0.15, 0.2) is 24.3 Å². The first kappa shape index (κ1) is 12.6. The number of hydrogen-bond acceptors (Lipinski definition) is 2. The average Bonchev–Trinajstić information content (AvgIpc) is 2.25. The molecule has 1 N–H and O–H groups in total. The molecule has 2 rings (SSSR count). The summed E-state index contributed by atoms with van der Waals surface area (Å²) in [4.78, 5) is 0. The van der Waals surface area contributed by atoms with Crippen LogP contribution in [0.1, 0.15) is 36.8 Å². The van der Waals surface area contributed by atoms with Crippen LogP contribution in [0, 0.1) is 6.92 Å². The fourth-order valence-corrected chi connectivity index (χ4v) is 2.75. The summed E-state index contributed by atoms with van der Waals surface area (Å²) in [6.07, 6.45) is 2.53. The van der Waals surface area contributed by atoms with E-state index in [9.17, 15) is 0 Å². The third kappa shape index (κ3) is 3.08. The second kappa shape index (κ2) is 5.65. The average molecular weight is 233 g/mol. The normalized spacial score (nSPS) is 25.4. The number of rotatable bonds is 5. The summed E-state index contributed by atoms with van der Waals surface area (Å²) in [5, 5.41) is 3.61. The molecule has 0 bridgehead atoms. The Morgan fingerprint density at radius 3 is 2.71 bits per heavy atom. The van der Waals surface area contributed by atoms with Crippen LogP contribution in [0.25, 0.3) is 0 Å². The van der Waals surface area contributed by atoms with Crippen LogP contribution in [0.2, 0.25) is 0 Å². The summed E-state index contributed by atoms with van der Waals surface area (Å²) in [7, 11) is 1.76. The Morgan fingerprint density at radius 1 is 1.35 bits per heavy atom. The molecule has 0 saturated heterocycles. The number of methoxy groups -OCH3 is 1. The first-order chi connectivity index (χ1) is 8.20. The van der Waals surface area contributed by atoms with E-state index in [1.807, 2.05) is 0 Å². The van der Waals surface area contributed by atoms with Crippen molar-refractivity contribution in [3.05, 3.63) is 35.4 Å². The maximum Gasteiger partial charge on any atom is 0.0613 e. The standard InChI is InChI=1S/C15H23NO/c1-11-6-4-5-7-15(11)13-8-14(9-13)16-12(2)10-17-3/h4-7,12-14,16H,8-10H2,1-3H3. The molecule has 0 aliphatic heterocycles. The van der Waals surface area contributed by atoms with E-state index in [4.69, 9.17) is 4.74 Å². The molecule has 0 aromatic heterocycles. The predicted molar refractivity (Wildman–Crippen MR) is 71.4 cm³/mol. The molecule has 94 valence electrons. The molecule has 2 heteroatoms. The monoisotopic (exact) mass is 233 g/mol. The smallest absolute Gasteiger partial charge is 0.0613 e. The van der Waals surface area contributed by atoms with Crippen molar-refractivity contribution >= 4 is 0 Å². The molecule has 0 heterocycles. The highest BCUT2D eigenvalue weighted by Crippen LogP contribution is 2.38. The van der Waals surface area contributed by atoms with Gasteiger partial charge in [-0.1, -0.05) is 24.3 Å². The van der Waals surface area contributed by atoms with Crippen LogP contribution in [0.3, 0.4) is 0 Å². The molecule has 1 aliphatic rings. The Balaban J connectivity index is 1.81. The molecule has 1 atom stereocenters. The molecule has 1 saturated carbocycles.